The van der Waals surface area contributed by atoms with Crippen molar-refractivity contribution in [3.05, 3.63) is 119 Å². The van der Waals surface area contributed by atoms with E-state index >= 15 is 0 Å². The van der Waals surface area contributed by atoms with Gasteiger partial charge in [0.25, 0.3) is 5.91 Å². The van der Waals surface area contributed by atoms with Crippen LogP contribution in [-0.4, -0.2) is 15.4 Å². The molecule has 0 aliphatic heterocycles. The molecule has 2 aromatic carbocycles. The van der Waals surface area contributed by atoms with Gasteiger partial charge >= 0.3 is 0 Å². The highest BCUT2D eigenvalue weighted by atomic mass is 35.5. The molecule has 0 N–H and O–H groups in total. The minimum atomic E-state index is -0.0643. The monoisotopic (exact) mass is 404 g/mol. The van der Waals surface area contributed by atoms with Crippen molar-refractivity contribution in [2.75, 3.05) is 0 Å². The molecule has 4 rings (SSSR count). The molecule has 5 heteroatoms. The van der Waals surface area contributed by atoms with E-state index < -0.39 is 0 Å². The molecule has 0 bridgehead atoms. The molecule has 4 nitrogen and oxygen atoms in total. The lowest BCUT2D eigenvalue weighted by atomic mass is 10.2. The Morgan fingerprint density at radius 2 is 1.69 bits per heavy atom. The number of amides is 1. The Kier molecular flexibility index (Phi) is 5.82. The zero-order chi connectivity index (χ0) is 20.1. The highest BCUT2D eigenvalue weighted by Crippen LogP contribution is 2.18. The molecule has 2 heterocycles. The highest BCUT2D eigenvalue weighted by molar-refractivity contribution is 6.30. The van der Waals surface area contributed by atoms with Crippen molar-refractivity contribution in [1.29, 1.82) is 0 Å². The quantitative estimate of drug-likeness (QED) is 0.400. The van der Waals surface area contributed by atoms with E-state index in [0.29, 0.717) is 23.7 Å². The van der Waals surface area contributed by atoms with E-state index in [1.807, 2.05) is 48.7 Å². The minimum Gasteiger partial charge on any atom is -0.467 e. The van der Waals surface area contributed by atoms with Crippen LogP contribution in [-0.2, 0) is 19.6 Å². The summed E-state index contributed by atoms with van der Waals surface area (Å²) in [5, 5.41) is 0.607. The molecule has 0 spiro atoms. The number of aromatic nitrogens is 1. The Morgan fingerprint density at radius 3 is 2.41 bits per heavy atom. The molecule has 0 saturated carbocycles. The van der Waals surface area contributed by atoms with Gasteiger partial charge in [-0.05, 0) is 54.1 Å². The maximum absolute atomic E-state index is 13.2. The fourth-order valence-corrected chi connectivity index (χ4v) is 3.41. The van der Waals surface area contributed by atoms with Crippen LogP contribution in [0.25, 0.3) is 0 Å². The molecule has 146 valence electrons. The van der Waals surface area contributed by atoms with Crippen LogP contribution >= 0.6 is 11.6 Å². The summed E-state index contributed by atoms with van der Waals surface area (Å²) < 4.78 is 7.66. The highest BCUT2D eigenvalue weighted by Gasteiger charge is 2.19. The predicted molar refractivity (Wildman–Crippen MR) is 114 cm³/mol. The van der Waals surface area contributed by atoms with Crippen LogP contribution in [0, 0.1) is 0 Å². The van der Waals surface area contributed by atoms with Gasteiger partial charge in [0.1, 0.15) is 5.76 Å². The maximum atomic E-state index is 13.2. The molecule has 2 aromatic heterocycles. The van der Waals surface area contributed by atoms with Gasteiger partial charge in [-0.15, -0.1) is 0 Å². The first-order chi connectivity index (χ1) is 14.2. The van der Waals surface area contributed by atoms with E-state index in [4.69, 9.17) is 16.0 Å². The van der Waals surface area contributed by atoms with Crippen LogP contribution in [0.5, 0.6) is 0 Å². The lowest BCUT2D eigenvalue weighted by molar-refractivity contribution is 0.0713. The standard InChI is InChI=1S/C24H21ClN2O2/c25-21-12-10-20(11-13-21)24(28)27(18-23-9-5-15-29-23)17-22-8-4-14-26(22)16-19-6-2-1-3-7-19/h1-15H,16-18H2. The summed E-state index contributed by atoms with van der Waals surface area (Å²) in [6.07, 6.45) is 3.67. The lowest BCUT2D eigenvalue weighted by Gasteiger charge is -2.23. The van der Waals surface area contributed by atoms with Crippen LogP contribution in [0.3, 0.4) is 0 Å². The summed E-state index contributed by atoms with van der Waals surface area (Å²) in [6.45, 7) is 1.62. The van der Waals surface area contributed by atoms with Gasteiger partial charge in [0.05, 0.1) is 19.4 Å². The number of nitrogens with zero attached hydrogens (tertiary/aromatic N) is 2. The summed E-state index contributed by atoms with van der Waals surface area (Å²) in [5.41, 5.74) is 2.87. The van der Waals surface area contributed by atoms with Crippen molar-refractivity contribution in [3.8, 4) is 0 Å². The van der Waals surface area contributed by atoms with Crippen LogP contribution in [0.2, 0.25) is 5.02 Å². The first-order valence-corrected chi connectivity index (χ1v) is 9.82. The summed E-state index contributed by atoms with van der Waals surface area (Å²) in [6, 6.07) is 25.0. The van der Waals surface area contributed by atoms with Crippen LogP contribution in [0.4, 0.5) is 0 Å². The zero-order valence-electron chi connectivity index (χ0n) is 15.9. The van der Waals surface area contributed by atoms with Crippen molar-refractivity contribution in [1.82, 2.24) is 9.47 Å². The van der Waals surface area contributed by atoms with Gasteiger partial charge in [-0.2, -0.15) is 0 Å². The third-order valence-corrected chi connectivity index (χ3v) is 5.03. The van der Waals surface area contributed by atoms with E-state index in [0.717, 1.165) is 18.0 Å². The number of hydrogen-bond acceptors (Lipinski definition) is 2. The van der Waals surface area contributed by atoms with Crippen LogP contribution < -0.4 is 0 Å². The fourth-order valence-electron chi connectivity index (χ4n) is 3.29. The minimum absolute atomic E-state index is 0.0643. The van der Waals surface area contributed by atoms with Gasteiger partial charge in [0.2, 0.25) is 0 Å². The third kappa shape index (κ3) is 4.79. The second-order valence-electron chi connectivity index (χ2n) is 6.86. The van der Waals surface area contributed by atoms with E-state index in [2.05, 4.69) is 16.7 Å². The molecule has 0 fully saturated rings. The lowest BCUT2D eigenvalue weighted by Crippen LogP contribution is -2.31. The van der Waals surface area contributed by atoms with Gasteiger partial charge in [-0.25, -0.2) is 0 Å². The average molecular weight is 405 g/mol. The van der Waals surface area contributed by atoms with Crippen molar-refractivity contribution < 1.29 is 9.21 Å². The molecular formula is C24H21ClN2O2. The number of hydrogen-bond donors (Lipinski definition) is 0. The normalized spacial score (nSPS) is 10.8. The molecule has 4 aromatic rings. The number of carbonyl (C=O) groups excluding carboxylic acids is 1. The molecule has 0 unspecified atom stereocenters. The Bertz CT molecular complexity index is 1050. The van der Waals surface area contributed by atoms with Crippen molar-refractivity contribution >= 4 is 17.5 Å². The Hall–Kier alpha value is -3.24. The summed E-state index contributed by atoms with van der Waals surface area (Å²) >= 11 is 5.98. The molecule has 1 amide bonds. The molecule has 0 atom stereocenters. The first kappa shape index (κ1) is 19.1. The van der Waals surface area contributed by atoms with Gasteiger partial charge < -0.3 is 13.9 Å². The predicted octanol–water partition coefficient (Wildman–Crippen LogP) is 5.63. The van der Waals surface area contributed by atoms with Crippen LogP contribution in [0.15, 0.2) is 95.7 Å². The van der Waals surface area contributed by atoms with Crippen molar-refractivity contribution in [2.45, 2.75) is 19.6 Å². The topological polar surface area (TPSA) is 38.4 Å². The van der Waals surface area contributed by atoms with E-state index in [9.17, 15) is 4.79 Å². The number of furan rings is 1. The second kappa shape index (κ2) is 8.84. The van der Waals surface area contributed by atoms with E-state index in [1.165, 1.54) is 5.56 Å². The Morgan fingerprint density at radius 1 is 0.897 bits per heavy atom. The zero-order valence-corrected chi connectivity index (χ0v) is 16.6. The van der Waals surface area contributed by atoms with Gasteiger partial charge in [0, 0.05) is 29.0 Å². The number of carbonyl (C=O) groups is 1. The maximum Gasteiger partial charge on any atom is 0.254 e. The molecule has 0 aliphatic rings. The molecule has 0 radical (unpaired) electrons. The Labute approximate surface area is 175 Å². The molecule has 29 heavy (non-hydrogen) atoms. The van der Waals surface area contributed by atoms with Crippen molar-refractivity contribution in [3.63, 3.8) is 0 Å². The average Bonchev–Trinajstić information content (AvgIpc) is 3.41. The first-order valence-electron chi connectivity index (χ1n) is 9.44. The van der Waals surface area contributed by atoms with Crippen LogP contribution in [0.1, 0.15) is 27.4 Å². The van der Waals surface area contributed by atoms with Crippen molar-refractivity contribution in [2.24, 2.45) is 0 Å². The number of benzene rings is 2. The second-order valence-corrected chi connectivity index (χ2v) is 7.30. The summed E-state index contributed by atoms with van der Waals surface area (Å²) in [7, 11) is 0. The Balaban J connectivity index is 1.58. The largest absolute Gasteiger partial charge is 0.467 e. The molecule has 0 saturated heterocycles. The smallest absolute Gasteiger partial charge is 0.254 e. The van der Waals surface area contributed by atoms with Gasteiger partial charge in [-0.3, -0.25) is 4.79 Å². The summed E-state index contributed by atoms with van der Waals surface area (Å²) in [4.78, 5) is 15.0. The SMILES string of the molecule is O=C(c1ccc(Cl)cc1)N(Cc1ccco1)Cc1cccn1Cc1ccccc1. The fraction of sp³-hybridized carbons (Fsp3) is 0.125. The third-order valence-electron chi connectivity index (χ3n) is 4.78. The summed E-state index contributed by atoms with van der Waals surface area (Å²) in [5.74, 6) is 0.680. The van der Waals surface area contributed by atoms with E-state index in [-0.39, 0.29) is 5.91 Å². The molecule has 0 aliphatic carbocycles. The number of halogens is 1. The number of rotatable bonds is 7. The van der Waals surface area contributed by atoms with Gasteiger partial charge in [-0.1, -0.05) is 41.9 Å². The van der Waals surface area contributed by atoms with Gasteiger partial charge in [0.15, 0.2) is 0 Å². The molecular weight excluding hydrogens is 384 g/mol. The van der Waals surface area contributed by atoms with E-state index in [1.54, 1.807) is 35.4 Å².